The number of rotatable bonds is 10. The number of methoxy groups -OCH3 is 2. The SMILES string of the molecule is COc1ccc(NC(=O)CSc2nnc(CNC(=O)c3ccccc3OC)n2-c2cc(C)ccc2C)cc1. The molecule has 4 aromatic rings. The molecule has 0 radical (unpaired) electrons. The summed E-state index contributed by atoms with van der Waals surface area (Å²) in [6.07, 6.45) is 0. The number of aryl methyl sites for hydroxylation is 2. The molecule has 2 amide bonds. The van der Waals surface area contributed by atoms with E-state index in [1.54, 1.807) is 55.6 Å². The molecule has 0 saturated carbocycles. The van der Waals surface area contributed by atoms with Crippen LogP contribution in [0, 0.1) is 13.8 Å². The zero-order valence-electron chi connectivity index (χ0n) is 21.6. The highest BCUT2D eigenvalue weighted by Crippen LogP contribution is 2.26. The fourth-order valence-electron chi connectivity index (χ4n) is 3.80. The molecular formula is C28H29N5O4S. The minimum Gasteiger partial charge on any atom is -0.497 e. The third-order valence-electron chi connectivity index (χ3n) is 5.77. The highest BCUT2D eigenvalue weighted by atomic mass is 32.2. The van der Waals surface area contributed by atoms with Crippen LogP contribution in [0.25, 0.3) is 5.69 Å². The number of carbonyl (C=O) groups is 2. The average molecular weight is 532 g/mol. The van der Waals surface area contributed by atoms with E-state index in [-0.39, 0.29) is 24.1 Å². The van der Waals surface area contributed by atoms with E-state index < -0.39 is 0 Å². The molecule has 9 nitrogen and oxygen atoms in total. The van der Waals surface area contributed by atoms with Gasteiger partial charge in [0, 0.05) is 5.69 Å². The number of ether oxygens (including phenoxy) is 2. The summed E-state index contributed by atoms with van der Waals surface area (Å²) >= 11 is 1.27. The summed E-state index contributed by atoms with van der Waals surface area (Å²) in [5, 5.41) is 15.0. The normalized spacial score (nSPS) is 10.6. The van der Waals surface area contributed by atoms with Gasteiger partial charge in [-0.05, 0) is 67.4 Å². The maximum absolute atomic E-state index is 12.9. The summed E-state index contributed by atoms with van der Waals surface area (Å²) in [7, 11) is 3.12. The topological polar surface area (TPSA) is 107 Å². The van der Waals surface area contributed by atoms with E-state index in [4.69, 9.17) is 9.47 Å². The van der Waals surface area contributed by atoms with Crippen molar-refractivity contribution in [3.05, 3.63) is 89.2 Å². The molecule has 38 heavy (non-hydrogen) atoms. The van der Waals surface area contributed by atoms with Crippen LogP contribution >= 0.6 is 11.8 Å². The maximum Gasteiger partial charge on any atom is 0.255 e. The zero-order chi connectivity index (χ0) is 27.1. The van der Waals surface area contributed by atoms with Gasteiger partial charge in [-0.2, -0.15) is 0 Å². The van der Waals surface area contributed by atoms with Gasteiger partial charge in [-0.25, -0.2) is 0 Å². The number of nitrogens with one attached hydrogen (secondary N) is 2. The minimum atomic E-state index is -0.286. The molecule has 3 aromatic carbocycles. The third-order valence-corrected chi connectivity index (χ3v) is 6.70. The van der Waals surface area contributed by atoms with Crippen LogP contribution in [0.4, 0.5) is 5.69 Å². The van der Waals surface area contributed by atoms with E-state index in [2.05, 4.69) is 20.8 Å². The molecule has 1 heterocycles. The lowest BCUT2D eigenvalue weighted by Crippen LogP contribution is -2.25. The number of thioether (sulfide) groups is 1. The molecule has 0 unspecified atom stereocenters. The van der Waals surface area contributed by atoms with Crippen LogP contribution in [0.2, 0.25) is 0 Å². The number of anilines is 1. The Labute approximate surface area is 225 Å². The van der Waals surface area contributed by atoms with Crippen molar-refractivity contribution in [2.45, 2.75) is 25.5 Å². The smallest absolute Gasteiger partial charge is 0.255 e. The molecule has 0 aliphatic heterocycles. The van der Waals surface area contributed by atoms with Crippen LogP contribution in [0.5, 0.6) is 11.5 Å². The van der Waals surface area contributed by atoms with Gasteiger partial charge in [-0.15, -0.1) is 10.2 Å². The second kappa shape index (κ2) is 12.3. The first-order chi connectivity index (χ1) is 18.4. The van der Waals surface area contributed by atoms with Gasteiger partial charge in [0.15, 0.2) is 11.0 Å². The van der Waals surface area contributed by atoms with E-state index in [0.29, 0.717) is 33.7 Å². The first-order valence-electron chi connectivity index (χ1n) is 11.9. The number of amides is 2. The first-order valence-corrected chi connectivity index (χ1v) is 12.9. The molecule has 0 saturated heterocycles. The Morgan fingerprint density at radius 3 is 2.45 bits per heavy atom. The van der Waals surface area contributed by atoms with Crippen molar-refractivity contribution >= 4 is 29.3 Å². The van der Waals surface area contributed by atoms with Crippen molar-refractivity contribution in [2.24, 2.45) is 0 Å². The van der Waals surface area contributed by atoms with E-state index in [9.17, 15) is 9.59 Å². The number of benzene rings is 3. The third kappa shape index (κ3) is 6.33. The Kier molecular flexibility index (Phi) is 8.65. The fraction of sp³-hybridized carbons (Fsp3) is 0.214. The highest BCUT2D eigenvalue weighted by Gasteiger charge is 2.19. The molecule has 0 aliphatic carbocycles. The molecule has 1 aromatic heterocycles. The molecule has 2 N–H and O–H groups in total. The van der Waals surface area contributed by atoms with Crippen molar-refractivity contribution in [3.8, 4) is 17.2 Å². The van der Waals surface area contributed by atoms with Crippen LogP contribution in [-0.4, -0.2) is 46.6 Å². The second-order valence-electron chi connectivity index (χ2n) is 8.47. The lowest BCUT2D eigenvalue weighted by Gasteiger charge is -2.14. The Morgan fingerprint density at radius 2 is 1.71 bits per heavy atom. The molecule has 0 fully saturated rings. The van der Waals surface area contributed by atoms with Crippen LogP contribution in [0.1, 0.15) is 27.3 Å². The lowest BCUT2D eigenvalue weighted by molar-refractivity contribution is -0.113. The highest BCUT2D eigenvalue weighted by molar-refractivity contribution is 7.99. The standard InChI is InChI=1S/C28H29N5O4S/c1-18-9-10-19(2)23(15-18)33-25(16-29-27(35)22-7-5-6-8-24(22)37-4)31-32-28(33)38-17-26(34)30-20-11-13-21(36-3)14-12-20/h5-15H,16-17H2,1-4H3,(H,29,35)(H,30,34). The maximum atomic E-state index is 12.9. The van der Waals surface area contributed by atoms with E-state index in [1.807, 2.05) is 36.6 Å². The Morgan fingerprint density at radius 1 is 0.947 bits per heavy atom. The number of para-hydroxylation sites is 1. The van der Waals surface area contributed by atoms with E-state index in [0.717, 1.165) is 16.8 Å². The molecular weight excluding hydrogens is 502 g/mol. The Bertz CT molecular complexity index is 1440. The second-order valence-corrected chi connectivity index (χ2v) is 9.41. The average Bonchev–Trinajstić information content (AvgIpc) is 3.34. The van der Waals surface area contributed by atoms with Crippen LogP contribution < -0.4 is 20.1 Å². The minimum absolute atomic E-state index is 0.128. The number of hydrogen-bond acceptors (Lipinski definition) is 7. The molecule has 10 heteroatoms. The molecule has 0 aliphatic rings. The summed E-state index contributed by atoms with van der Waals surface area (Å²) in [5.41, 5.74) is 4.06. The predicted octanol–water partition coefficient (Wildman–Crippen LogP) is 4.56. The largest absolute Gasteiger partial charge is 0.497 e. The molecule has 0 atom stereocenters. The number of aromatic nitrogens is 3. The van der Waals surface area contributed by atoms with Gasteiger partial charge >= 0.3 is 0 Å². The molecule has 196 valence electrons. The quantitative estimate of drug-likeness (QED) is 0.289. The fourth-order valence-corrected chi connectivity index (χ4v) is 4.56. The van der Waals surface area contributed by atoms with Gasteiger partial charge in [-0.1, -0.05) is 36.0 Å². The van der Waals surface area contributed by atoms with E-state index >= 15 is 0 Å². The zero-order valence-corrected chi connectivity index (χ0v) is 22.5. The van der Waals surface area contributed by atoms with Crippen molar-refractivity contribution < 1.29 is 19.1 Å². The molecule has 0 spiro atoms. The number of hydrogen-bond donors (Lipinski definition) is 2. The monoisotopic (exact) mass is 531 g/mol. The number of carbonyl (C=O) groups excluding carboxylic acids is 2. The van der Waals surface area contributed by atoms with E-state index in [1.165, 1.54) is 18.9 Å². The first kappa shape index (κ1) is 26.7. The summed E-state index contributed by atoms with van der Waals surface area (Å²) in [6, 6.07) is 20.2. The van der Waals surface area contributed by atoms with Crippen LogP contribution in [-0.2, 0) is 11.3 Å². The lowest BCUT2D eigenvalue weighted by atomic mass is 10.1. The Balaban J connectivity index is 1.54. The van der Waals surface area contributed by atoms with Crippen molar-refractivity contribution in [1.82, 2.24) is 20.1 Å². The predicted molar refractivity (Wildman–Crippen MR) is 147 cm³/mol. The summed E-state index contributed by atoms with van der Waals surface area (Å²) < 4.78 is 12.4. The molecule has 4 rings (SSSR count). The summed E-state index contributed by atoms with van der Waals surface area (Å²) in [5.74, 6) is 1.40. The summed E-state index contributed by atoms with van der Waals surface area (Å²) in [4.78, 5) is 25.5. The number of nitrogens with zero attached hydrogens (tertiary/aromatic N) is 3. The van der Waals surface area contributed by atoms with Gasteiger partial charge in [0.05, 0.1) is 37.8 Å². The Hall–Kier alpha value is -4.31. The van der Waals surface area contributed by atoms with Crippen molar-refractivity contribution in [3.63, 3.8) is 0 Å². The van der Waals surface area contributed by atoms with Crippen molar-refractivity contribution in [1.29, 1.82) is 0 Å². The van der Waals surface area contributed by atoms with Gasteiger partial charge < -0.3 is 20.1 Å². The van der Waals surface area contributed by atoms with Crippen LogP contribution in [0.3, 0.4) is 0 Å². The van der Waals surface area contributed by atoms with Gasteiger partial charge in [0.2, 0.25) is 5.91 Å². The van der Waals surface area contributed by atoms with Crippen molar-refractivity contribution in [2.75, 3.05) is 25.3 Å². The van der Waals surface area contributed by atoms with Gasteiger partial charge in [0.25, 0.3) is 5.91 Å². The molecule has 0 bridgehead atoms. The van der Waals surface area contributed by atoms with Gasteiger partial charge in [-0.3, -0.25) is 14.2 Å². The summed E-state index contributed by atoms with van der Waals surface area (Å²) in [6.45, 7) is 4.14. The van der Waals surface area contributed by atoms with Gasteiger partial charge in [0.1, 0.15) is 11.5 Å². The van der Waals surface area contributed by atoms with Crippen LogP contribution in [0.15, 0.2) is 71.9 Å².